The smallest absolute Gasteiger partial charge is 0.307 e. The number of hydrogen-bond acceptors (Lipinski definition) is 2. The van der Waals surface area contributed by atoms with Gasteiger partial charge in [0.05, 0.1) is 12.0 Å². The van der Waals surface area contributed by atoms with Gasteiger partial charge in [-0.2, -0.15) is 0 Å². The van der Waals surface area contributed by atoms with E-state index < -0.39 is 5.97 Å². The van der Waals surface area contributed by atoms with Gasteiger partial charge >= 0.3 is 5.97 Å². The standard InChI is InChI=1S/C10H14O3/c1-10(13-2)5-3-8(4-6-10)7-9(11)12/h3-5H,6-7H2,1-2H3,(H,11,12). The molecule has 0 aliphatic heterocycles. The number of carboxylic acid groups (broad SMARTS) is 1. The van der Waals surface area contributed by atoms with Gasteiger partial charge in [0.15, 0.2) is 0 Å². The molecule has 1 atom stereocenters. The predicted molar refractivity (Wildman–Crippen MR) is 49.5 cm³/mol. The van der Waals surface area contributed by atoms with Crippen LogP contribution in [0.15, 0.2) is 23.8 Å². The average molecular weight is 182 g/mol. The van der Waals surface area contributed by atoms with Gasteiger partial charge in [-0.3, -0.25) is 4.79 Å². The third-order valence-corrected chi connectivity index (χ3v) is 2.24. The van der Waals surface area contributed by atoms with Crippen LogP contribution in [-0.4, -0.2) is 23.8 Å². The van der Waals surface area contributed by atoms with Gasteiger partial charge in [-0.05, 0) is 18.9 Å². The Morgan fingerprint density at radius 3 is 2.85 bits per heavy atom. The lowest BCUT2D eigenvalue weighted by Crippen LogP contribution is -2.25. The molecule has 1 aliphatic carbocycles. The molecule has 0 aromatic carbocycles. The number of methoxy groups -OCH3 is 1. The van der Waals surface area contributed by atoms with Gasteiger partial charge in [0, 0.05) is 7.11 Å². The maximum Gasteiger partial charge on any atom is 0.307 e. The Kier molecular flexibility index (Phi) is 2.88. The van der Waals surface area contributed by atoms with Gasteiger partial charge in [0.2, 0.25) is 0 Å². The number of rotatable bonds is 3. The van der Waals surface area contributed by atoms with Crippen LogP contribution in [0.25, 0.3) is 0 Å². The van der Waals surface area contributed by atoms with Crippen molar-refractivity contribution in [1.29, 1.82) is 0 Å². The molecule has 0 amide bonds. The highest BCUT2D eigenvalue weighted by Crippen LogP contribution is 2.24. The second kappa shape index (κ2) is 3.75. The summed E-state index contributed by atoms with van der Waals surface area (Å²) < 4.78 is 5.25. The van der Waals surface area contributed by atoms with Crippen LogP contribution in [0.1, 0.15) is 19.8 Å². The normalized spacial score (nSPS) is 27.1. The highest BCUT2D eigenvalue weighted by Gasteiger charge is 2.21. The number of aliphatic carboxylic acids is 1. The quantitative estimate of drug-likeness (QED) is 0.723. The van der Waals surface area contributed by atoms with E-state index >= 15 is 0 Å². The minimum absolute atomic E-state index is 0.0935. The highest BCUT2D eigenvalue weighted by molar-refractivity contribution is 5.71. The number of hydrogen-bond donors (Lipinski definition) is 1. The van der Waals surface area contributed by atoms with Crippen molar-refractivity contribution < 1.29 is 14.6 Å². The first kappa shape index (κ1) is 9.99. The van der Waals surface area contributed by atoms with Crippen molar-refractivity contribution in [1.82, 2.24) is 0 Å². The molecule has 0 aromatic heterocycles. The number of allylic oxidation sites excluding steroid dienone is 1. The maximum atomic E-state index is 10.4. The van der Waals surface area contributed by atoms with Gasteiger partial charge in [-0.15, -0.1) is 0 Å². The van der Waals surface area contributed by atoms with Crippen molar-refractivity contribution in [2.45, 2.75) is 25.4 Å². The van der Waals surface area contributed by atoms with Crippen LogP contribution in [0.3, 0.4) is 0 Å². The summed E-state index contributed by atoms with van der Waals surface area (Å²) in [5, 5.41) is 8.55. The summed E-state index contributed by atoms with van der Waals surface area (Å²) >= 11 is 0. The van der Waals surface area contributed by atoms with E-state index in [1.165, 1.54) is 0 Å². The molecule has 3 nitrogen and oxygen atoms in total. The summed E-state index contributed by atoms with van der Waals surface area (Å²) in [4.78, 5) is 10.4. The van der Waals surface area contributed by atoms with Crippen molar-refractivity contribution in [2.24, 2.45) is 0 Å². The second-order valence-electron chi connectivity index (χ2n) is 3.40. The zero-order valence-corrected chi connectivity index (χ0v) is 7.91. The molecular formula is C10H14O3. The average Bonchev–Trinajstić information content (AvgIpc) is 2.09. The molecular weight excluding hydrogens is 168 g/mol. The van der Waals surface area contributed by atoms with Crippen LogP contribution >= 0.6 is 0 Å². The fourth-order valence-corrected chi connectivity index (χ4v) is 1.21. The molecule has 1 unspecified atom stereocenters. The number of carboxylic acids is 1. The largest absolute Gasteiger partial charge is 0.481 e. The monoisotopic (exact) mass is 182 g/mol. The Bertz CT molecular complexity index is 265. The molecule has 0 spiro atoms. The number of ether oxygens (including phenoxy) is 1. The summed E-state index contributed by atoms with van der Waals surface area (Å²) in [5.41, 5.74) is 0.587. The van der Waals surface area contributed by atoms with Crippen LogP contribution < -0.4 is 0 Å². The number of carbonyl (C=O) groups is 1. The van der Waals surface area contributed by atoms with E-state index in [1.54, 1.807) is 7.11 Å². The van der Waals surface area contributed by atoms with Crippen LogP contribution in [0.4, 0.5) is 0 Å². The van der Waals surface area contributed by atoms with Gasteiger partial charge in [0.25, 0.3) is 0 Å². The van der Waals surface area contributed by atoms with Crippen molar-refractivity contribution in [3.05, 3.63) is 23.8 Å². The molecule has 0 aromatic rings. The van der Waals surface area contributed by atoms with E-state index in [1.807, 2.05) is 25.2 Å². The molecule has 0 saturated heterocycles. The van der Waals surface area contributed by atoms with E-state index in [4.69, 9.17) is 9.84 Å². The molecule has 0 radical (unpaired) electrons. The van der Waals surface area contributed by atoms with Gasteiger partial charge in [0.1, 0.15) is 0 Å². The van der Waals surface area contributed by atoms with Crippen molar-refractivity contribution in [2.75, 3.05) is 7.11 Å². The van der Waals surface area contributed by atoms with E-state index in [9.17, 15) is 4.79 Å². The lowest BCUT2D eigenvalue weighted by Gasteiger charge is -2.25. The molecule has 3 heteroatoms. The van der Waals surface area contributed by atoms with Crippen molar-refractivity contribution in [3.8, 4) is 0 Å². The molecule has 72 valence electrons. The molecule has 13 heavy (non-hydrogen) atoms. The van der Waals surface area contributed by atoms with Crippen LogP contribution in [0.5, 0.6) is 0 Å². The van der Waals surface area contributed by atoms with Crippen molar-refractivity contribution in [3.63, 3.8) is 0 Å². The third-order valence-electron chi connectivity index (χ3n) is 2.24. The summed E-state index contributed by atoms with van der Waals surface area (Å²) in [5.74, 6) is -0.795. The zero-order chi connectivity index (χ0) is 9.90. The van der Waals surface area contributed by atoms with Crippen molar-refractivity contribution >= 4 is 5.97 Å². The first-order valence-electron chi connectivity index (χ1n) is 4.21. The Morgan fingerprint density at radius 1 is 1.77 bits per heavy atom. The fraction of sp³-hybridized carbons (Fsp3) is 0.500. The van der Waals surface area contributed by atoms with Gasteiger partial charge < -0.3 is 9.84 Å². The summed E-state index contributed by atoms with van der Waals surface area (Å²) in [6.07, 6.45) is 6.48. The van der Waals surface area contributed by atoms with Gasteiger partial charge in [-0.25, -0.2) is 0 Å². The third kappa shape index (κ3) is 2.70. The second-order valence-corrected chi connectivity index (χ2v) is 3.40. The Morgan fingerprint density at radius 2 is 2.46 bits per heavy atom. The minimum Gasteiger partial charge on any atom is -0.481 e. The summed E-state index contributed by atoms with van der Waals surface area (Å²) in [6, 6.07) is 0. The Balaban J connectivity index is 2.59. The first-order chi connectivity index (χ1) is 6.06. The molecule has 1 N–H and O–H groups in total. The molecule has 1 aliphatic rings. The fourth-order valence-electron chi connectivity index (χ4n) is 1.21. The Labute approximate surface area is 77.7 Å². The van der Waals surface area contributed by atoms with Crippen LogP contribution in [0, 0.1) is 0 Å². The highest BCUT2D eigenvalue weighted by atomic mass is 16.5. The van der Waals surface area contributed by atoms with E-state index in [2.05, 4.69) is 0 Å². The molecule has 0 bridgehead atoms. The van der Waals surface area contributed by atoms with Crippen LogP contribution in [-0.2, 0) is 9.53 Å². The SMILES string of the molecule is COC1(C)C=CC(CC(=O)O)=CC1. The Hall–Kier alpha value is -1.09. The summed E-state index contributed by atoms with van der Waals surface area (Å²) in [6.45, 7) is 1.97. The van der Waals surface area contributed by atoms with Gasteiger partial charge in [-0.1, -0.05) is 18.2 Å². The zero-order valence-electron chi connectivity index (χ0n) is 7.91. The molecule has 0 heterocycles. The predicted octanol–water partition coefficient (Wildman–Crippen LogP) is 1.75. The molecule has 1 rings (SSSR count). The van der Waals surface area contributed by atoms with E-state index in [-0.39, 0.29) is 12.0 Å². The molecule has 0 saturated carbocycles. The maximum absolute atomic E-state index is 10.4. The molecule has 0 fully saturated rings. The topological polar surface area (TPSA) is 46.5 Å². The van der Waals surface area contributed by atoms with Crippen LogP contribution in [0.2, 0.25) is 0 Å². The van der Waals surface area contributed by atoms with E-state index in [0.29, 0.717) is 0 Å². The lowest BCUT2D eigenvalue weighted by molar-refractivity contribution is -0.136. The van der Waals surface area contributed by atoms with E-state index in [0.717, 1.165) is 12.0 Å². The lowest BCUT2D eigenvalue weighted by atomic mass is 9.93. The summed E-state index contributed by atoms with van der Waals surface area (Å²) in [7, 11) is 1.65. The first-order valence-corrected chi connectivity index (χ1v) is 4.21. The minimum atomic E-state index is -0.795.